The number of benzene rings is 2. The van der Waals surface area contributed by atoms with Gasteiger partial charge in [-0.1, -0.05) is 54.5 Å². The number of hydrogen-bond acceptors (Lipinski definition) is 5. The zero-order chi connectivity index (χ0) is 22.1. The molecule has 0 radical (unpaired) electrons. The largest absolute Gasteiger partial charge is 0.332 e. The van der Waals surface area contributed by atoms with Gasteiger partial charge in [0.25, 0.3) is 5.89 Å². The minimum Gasteiger partial charge on any atom is -0.332 e. The fourth-order valence-electron chi connectivity index (χ4n) is 4.03. The molecule has 162 valence electrons. The first kappa shape index (κ1) is 20.0. The molecule has 0 spiro atoms. The molecule has 3 heterocycles. The molecule has 0 saturated heterocycles. The fraction of sp³-hybridized carbons (Fsp3) is 0.250. The highest BCUT2D eigenvalue weighted by Crippen LogP contribution is 2.30. The van der Waals surface area contributed by atoms with Gasteiger partial charge in [0.1, 0.15) is 0 Å². The number of nitrogens with one attached hydrogen (secondary N) is 1. The van der Waals surface area contributed by atoms with Crippen molar-refractivity contribution in [3.63, 3.8) is 0 Å². The average Bonchev–Trinajstić information content (AvgIpc) is 3.44. The standard InChI is InChI=1S/C24H24N6O2/c1-3-16-8-7-11-18(14-16)25-24(31)30-13-12-20-19(15-30)21(27-29(20)2)23-26-22(28-32-23)17-9-5-4-6-10-17/h4-11,14H,3,12-13,15H2,1-2H3,(H,25,31). The first-order valence-corrected chi connectivity index (χ1v) is 10.7. The molecule has 2 aromatic carbocycles. The summed E-state index contributed by atoms with van der Waals surface area (Å²) < 4.78 is 7.39. The Morgan fingerprint density at radius 1 is 1.16 bits per heavy atom. The number of rotatable bonds is 4. The molecular weight excluding hydrogens is 404 g/mol. The lowest BCUT2D eigenvalue weighted by Gasteiger charge is -2.27. The molecule has 4 aromatic rings. The molecule has 5 rings (SSSR count). The van der Waals surface area contributed by atoms with Crippen molar-refractivity contribution in [3.8, 4) is 23.0 Å². The summed E-state index contributed by atoms with van der Waals surface area (Å²) in [6, 6.07) is 17.5. The van der Waals surface area contributed by atoms with Crippen LogP contribution in [0, 0.1) is 0 Å². The Balaban J connectivity index is 1.39. The van der Waals surface area contributed by atoms with E-state index in [4.69, 9.17) is 4.52 Å². The SMILES string of the molecule is CCc1cccc(NC(=O)N2CCc3c(c(-c4nc(-c5ccccc5)no4)nn3C)C2)c1. The summed E-state index contributed by atoms with van der Waals surface area (Å²) in [6.07, 6.45) is 1.63. The van der Waals surface area contributed by atoms with Crippen molar-refractivity contribution in [2.24, 2.45) is 7.05 Å². The van der Waals surface area contributed by atoms with E-state index in [1.165, 1.54) is 5.56 Å². The summed E-state index contributed by atoms with van der Waals surface area (Å²) in [5.74, 6) is 0.875. The van der Waals surface area contributed by atoms with E-state index in [0.717, 1.165) is 28.9 Å². The molecule has 0 aliphatic carbocycles. The van der Waals surface area contributed by atoms with E-state index in [-0.39, 0.29) is 6.03 Å². The molecule has 32 heavy (non-hydrogen) atoms. The molecule has 2 amide bonds. The van der Waals surface area contributed by atoms with Crippen LogP contribution in [0.15, 0.2) is 59.1 Å². The number of fused-ring (bicyclic) bond motifs is 1. The Hall–Kier alpha value is -3.94. The van der Waals surface area contributed by atoms with E-state index in [1.807, 2.05) is 60.3 Å². The van der Waals surface area contributed by atoms with Gasteiger partial charge in [-0.15, -0.1) is 0 Å². The van der Waals surface area contributed by atoms with Crippen LogP contribution in [0.2, 0.25) is 0 Å². The molecule has 0 saturated carbocycles. The van der Waals surface area contributed by atoms with Crippen LogP contribution in [0.4, 0.5) is 10.5 Å². The van der Waals surface area contributed by atoms with Crippen molar-refractivity contribution in [2.75, 3.05) is 11.9 Å². The normalized spacial score (nSPS) is 13.1. The van der Waals surface area contributed by atoms with Crippen LogP contribution in [0.3, 0.4) is 0 Å². The van der Waals surface area contributed by atoms with Crippen LogP contribution in [0.25, 0.3) is 23.0 Å². The maximum Gasteiger partial charge on any atom is 0.322 e. The van der Waals surface area contributed by atoms with Gasteiger partial charge in [0.15, 0.2) is 5.69 Å². The highest BCUT2D eigenvalue weighted by atomic mass is 16.5. The van der Waals surface area contributed by atoms with Gasteiger partial charge in [0, 0.05) is 42.5 Å². The third-order valence-electron chi connectivity index (χ3n) is 5.78. The van der Waals surface area contributed by atoms with E-state index in [2.05, 4.69) is 33.5 Å². The molecule has 0 unspecified atom stereocenters. The van der Waals surface area contributed by atoms with Gasteiger partial charge in [-0.2, -0.15) is 10.1 Å². The Labute approximate surface area is 185 Å². The number of anilines is 1. The summed E-state index contributed by atoms with van der Waals surface area (Å²) in [5.41, 5.74) is 5.51. The van der Waals surface area contributed by atoms with Gasteiger partial charge < -0.3 is 14.7 Å². The molecule has 8 heteroatoms. The number of aromatic nitrogens is 4. The molecule has 1 N–H and O–H groups in total. The Morgan fingerprint density at radius 3 is 2.81 bits per heavy atom. The van der Waals surface area contributed by atoms with E-state index in [1.54, 1.807) is 4.90 Å². The van der Waals surface area contributed by atoms with Crippen LogP contribution in [-0.4, -0.2) is 37.4 Å². The second-order valence-corrected chi connectivity index (χ2v) is 7.84. The van der Waals surface area contributed by atoms with Crippen molar-refractivity contribution in [3.05, 3.63) is 71.4 Å². The van der Waals surface area contributed by atoms with Crippen molar-refractivity contribution in [1.82, 2.24) is 24.8 Å². The lowest BCUT2D eigenvalue weighted by Crippen LogP contribution is -2.39. The van der Waals surface area contributed by atoms with Gasteiger partial charge in [-0.05, 0) is 24.1 Å². The number of amides is 2. The summed E-state index contributed by atoms with van der Waals surface area (Å²) in [7, 11) is 1.91. The van der Waals surface area contributed by atoms with Crippen molar-refractivity contribution in [1.29, 1.82) is 0 Å². The van der Waals surface area contributed by atoms with Gasteiger partial charge in [-0.3, -0.25) is 4.68 Å². The van der Waals surface area contributed by atoms with Gasteiger partial charge in [-0.25, -0.2) is 4.79 Å². The number of hydrogen-bond donors (Lipinski definition) is 1. The van der Waals surface area contributed by atoms with Gasteiger partial charge >= 0.3 is 6.03 Å². The van der Waals surface area contributed by atoms with Crippen LogP contribution >= 0.6 is 0 Å². The third kappa shape index (κ3) is 3.75. The van der Waals surface area contributed by atoms with E-state index < -0.39 is 0 Å². The van der Waals surface area contributed by atoms with E-state index in [9.17, 15) is 4.79 Å². The molecule has 8 nitrogen and oxygen atoms in total. The van der Waals surface area contributed by atoms with Crippen LogP contribution in [-0.2, 0) is 26.4 Å². The van der Waals surface area contributed by atoms with Crippen LogP contribution in [0.5, 0.6) is 0 Å². The molecule has 0 atom stereocenters. The second kappa shape index (κ2) is 8.30. The van der Waals surface area contributed by atoms with Gasteiger partial charge in [0.05, 0.1) is 6.54 Å². The van der Waals surface area contributed by atoms with Crippen LogP contribution in [0.1, 0.15) is 23.7 Å². The van der Waals surface area contributed by atoms with E-state index >= 15 is 0 Å². The topological polar surface area (TPSA) is 89.1 Å². The second-order valence-electron chi connectivity index (χ2n) is 7.84. The van der Waals surface area contributed by atoms with Crippen molar-refractivity contribution < 1.29 is 9.32 Å². The first-order chi connectivity index (χ1) is 15.6. The predicted octanol–water partition coefficient (Wildman–Crippen LogP) is 4.29. The molecule has 0 fully saturated rings. The lowest BCUT2D eigenvalue weighted by molar-refractivity contribution is 0.206. The molecule has 1 aliphatic rings. The molecule has 1 aliphatic heterocycles. The maximum absolute atomic E-state index is 13.0. The molecule has 0 bridgehead atoms. The van der Waals surface area contributed by atoms with E-state index in [0.29, 0.717) is 36.9 Å². The Morgan fingerprint density at radius 2 is 2.00 bits per heavy atom. The summed E-state index contributed by atoms with van der Waals surface area (Å²) >= 11 is 0. The monoisotopic (exact) mass is 428 g/mol. The maximum atomic E-state index is 13.0. The number of urea groups is 1. The smallest absolute Gasteiger partial charge is 0.322 e. The number of carbonyl (C=O) groups is 1. The summed E-state index contributed by atoms with van der Waals surface area (Å²) in [5, 5.41) is 11.8. The first-order valence-electron chi connectivity index (χ1n) is 10.7. The Bertz CT molecular complexity index is 1260. The summed E-state index contributed by atoms with van der Waals surface area (Å²) in [6.45, 7) is 3.14. The fourth-order valence-corrected chi connectivity index (χ4v) is 4.03. The molecule has 2 aromatic heterocycles. The predicted molar refractivity (Wildman–Crippen MR) is 121 cm³/mol. The minimum atomic E-state index is -0.130. The lowest BCUT2D eigenvalue weighted by atomic mass is 10.1. The highest BCUT2D eigenvalue weighted by molar-refractivity contribution is 5.89. The summed E-state index contributed by atoms with van der Waals surface area (Å²) in [4.78, 5) is 19.3. The number of aryl methyl sites for hydroxylation is 2. The van der Waals surface area contributed by atoms with Crippen molar-refractivity contribution >= 4 is 11.7 Å². The third-order valence-corrected chi connectivity index (χ3v) is 5.78. The molecular formula is C24H24N6O2. The average molecular weight is 428 g/mol. The quantitative estimate of drug-likeness (QED) is 0.524. The van der Waals surface area contributed by atoms with Crippen LogP contribution < -0.4 is 5.32 Å². The number of nitrogens with zero attached hydrogens (tertiary/aromatic N) is 5. The minimum absolute atomic E-state index is 0.130. The highest BCUT2D eigenvalue weighted by Gasteiger charge is 2.29. The Kier molecular flexibility index (Phi) is 5.18. The zero-order valence-corrected chi connectivity index (χ0v) is 18.1. The zero-order valence-electron chi connectivity index (χ0n) is 18.1. The van der Waals surface area contributed by atoms with Gasteiger partial charge in [0.2, 0.25) is 5.82 Å². The van der Waals surface area contributed by atoms with Crippen molar-refractivity contribution in [2.45, 2.75) is 26.3 Å². The number of carbonyl (C=O) groups excluding carboxylic acids is 1.